The molecule has 134 valence electrons. The lowest BCUT2D eigenvalue weighted by Gasteiger charge is -2.30. The van der Waals surface area contributed by atoms with Crippen LogP contribution in [0.4, 0.5) is 8.78 Å². The summed E-state index contributed by atoms with van der Waals surface area (Å²) >= 11 is 0. The molecule has 1 aromatic rings. The molecule has 0 saturated carbocycles. The summed E-state index contributed by atoms with van der Waals surface area (Å²) in [7, 11) is 0. The second-order valence-electron chi connectivity index (χ2n) is 6.36. The number of nitrogens with zero attached hydrogens (tertiary/aromatic N) is 1. The number of benzene rings is 1. The number of hydrogen-bond acceptors (Lipinski definition) is 6. The van der Waals surface area contributed by atoms with E-state index in [1.165, 1.54) is 6.07 Å². The zero-order valence-electron chi connectivity index (χ0n) is 13.6. The Kier molecular flexibility index (Phi) is 5.27. The van der Waals surface area contributed by atoms with Crippen molar-refractivity contribution in [3.8, 4) is 6.07 Å². The van der Waals surface area contributed by atoms with E-state index < -0.39 is 35.0 Å². The number of carbonyl (C=O) groups excluding carboxylic acids is 1. The van der Waals surface area contributed by atoms with E-state index in [9.17, 15) is 18.8 Å². The standard InChI is InChI=1S/C17H19F2N3O3/c18-12-2-1-3-13(19)14(12)15-11(8-21-22-15)16(23)25-10-17(9-20)4-6-24-7-5-17/h1-3,11,15,21-22H,4-8,10H2. The Labute approximate surface area is 144 Å². The normalized spacial score (nSPS) is 25.3. The van der Waals surface area contributed by atoms with Gasteiger partial charge in [0.15, 0.2) is 0 Å². The summed E-state index contributed by atoms with van der Waals surface area (Å²) in [5.74, 6) is -2.83. The molecular weight excluding hydrogens is 332 g/mol. The van der Waals surface area contributed by atoms with E-state index in [1.807, 2.05) is 0 Å². The highest BCUT2D eigenvalue weighted by Gasteiger charge is 2.40. The average molecular weight is 351 g/mol. The molecule has 1 aromatic carbocycles. The molecule has 2 aliphatic heterocycles. The maximum atomic E-state index is 14.0. The van der Waals surface area contributed by atoms with Gasteiger partial charge < -0.3 is 9.47 Å². The number of esters is 1. The number of halogens is 2. The number of hydrogen-bond donors (Lipinski definition) is 2. The van der Waals surface area contributed by atoms with Gasteiger partial charge in [-0.2, -0.15) is 5.26 Å². The molecule has 0 aromatic heterocycles. The molecule has 0 spiro atoms. The van der Waals surface area contributed by atoms with Crippen LogP contribution in [-0.4, -0.2) is 32.3 Å². The molecule has 2 N–H and O–H groups in total. The van der Waals surface area contributed by atoms with E-state index in [2.05, 4.69) is 16.9 Å². The summed E-state index contributed by atoms with van der Waals surface area (Å²) in [6.45, 7) is 1.02. The smallest absolute Gasteiger partial charge is 0.312 e. The Morgan fingerprint density at radius 3 is 2.68 bits per heavy atom. The summed E-state index contributed by atoms with van der Waals surface area (Å²) in [4.78, 5) is 12.5. The fourth-order valence-electron chi connectivity index (χ4n) is 3.16. The van der Waals surface area contributed by atoms with Crippen molar-refractivity contribution >= 4 is 5.97 Å². The molecule has 2 atom stereocenters. The minimum atomic E-state index is -0.874. The largest absolute Gasteiger partial charge is 0.464 e. The van der Waals surface area contributed by atoms with Gasteiger partial charge in [-0.3, -0.25) is 10.2 Å². The van der Waals surface area contributed by atoms with E-state index >= 15 is 0 Å². The van der Waals surface area contributed by atoms with Crippen molar-refractivity contribution in [2.45, 2.75) is 18.9 Å². The van der Waals surface area contributed by atoms with Crippen molar-refractivity contribution in [1.82, 2.24) is 10.9 Å². The molecular formula is C17H19F2N3O3. The molecule has 2 heterocycles. The lowest BCUT2D eigenvalue weighted by atomic mass is 9.82. The van der Waals surface area contributed by atoms with Gasteiger partial charge in [0.05, 0.1) is 23.4 Å². The fraction of sp³-hybridized carbons (Fsp3) is 0.529. The van der Waals surface area contributed by atoms with Crippen molar-refractivity contribution in [2.75, 3.05) is 26.4 Å². The van der Waals surface area contributed by atoms with Crippen molar-refractivity contribution < 1.29 is 23.0 Å². The van der Waals surface area contributed by atoms with Crippen LogP contribution in [0.5, 0.6) is 0 Å². The van der Waals surface area contributed by atoms with E-state index in [4.69, 9.17) is 9.47 Å². The number of hydrazine groups is 1. The molecule has 2 saturated heterocycles. The first-order valence-corrected chi connectivity index (χ1v) is 8.14. The molecule has 2 aliphatic rings. The SMILES string of the molecule is N#CC1(COC(=O)C2CNNC2c2c(F)cccc2F)CCOCC1. The third-order valence-corrected chi connectivity index (χ3v) is 4.77. The topological polar surface area (TPSA) is 83.4 Å². The zero-order chi connectivity index (χ0) is 17.9. The number of ether oxygens (including phenoxy) is 2. The van der Waals surface area contributed by atoms with Crippen LogP contribution in [0.25, 0.3) is 0 Å². The molecule has 8 heteroatoms. The number of carbonyl (C=O) groups is 1. The highest BCUT2D eigenvalue weighted by Crippen LogP contribution is 2.33. The highest BCUT2D eigenvalue weighted by atomic mass is 19.1. The van der Waals surface area contributed by atoms with Crippen LogP contribution in [0.3, 0.4) is 0 Å². The van der Waals surface area contributed by atoms with Gasteiger partial charge in [0.1, 0.15) is 18.2 Å². The number of nitriles is 1. The third-order valence-electron chi connectivity index (χ3n) is 4.77. The molecule has 0 radical (unpaired) electrons. The molecule has 2 fully saturated rings. The van der Waals surface area contributed by atoms with Crippen molar-refractivity contribution in [2.24, 2.45) is 11.3 Å². The van der Waals surface area contributed by atoms with Crippen LogP contribution >= 0.6 is 0 Å². The van der Waals surface area contributed by atoms with Gasteiger partial charge >= 0.3 is 5.97 Å². The summed E-state index contributed by atoms with van der Waals surface area (Å²) in [5.41, 5.74) is 4.52. The molecule has 2 unspecified atom stereocenters. The molecule has 25 heavy (non-hydrogen) atoms. The van der Waals surface area contributed by atoms with Crippen molar-refractivity contribution in [1.29, 1.82) is 5.26 Å². The lowest BCUT2D eigenvalue weighted by Crippen LogP contribution is -2.36. The minimum Gasteiger partial charge on any atom is -0.464 e. The minimum absolute atomic E-state index is 0.0470. The first-order chi connectivity index (χ1) is 12.1. The third kappa shape index (κ3) is 3.63. The zero-order valence-corrected chi connectivity index (χ0v) is 13.6. The van der Waals surface area contributed by atoms with Gasteiger partial charge in [0.25, 0.3) is 0 Å². The Hall–Kier alpha value is -2.08. The van der Waals surface area contributed by atoms with Crippen LogP contribution in [-0.2, 0) is 14.3 Å². The van der Waals surface area contributed by atoms with Crippen LogP contribution in [0.2, 0.25) is 0 Å². The average Bonchev–Trinajstić information content (AvgIpc) is 3.10. The summed E-state index contributed by atoms with van der Waals surface area (Å²) < 4.78 is 38.6. The molecule has 3 rings (SSSR count). The Bertz CT molecular complexity index is 666. The predicted octanol–water partition coefficient (Wildman–Crippen LogP) is 1.59. The lowest BCUT2D eigenvalue weighted by molar-refractivity contribution is -0.152. The number of nitrogens with one attached hydrogen (secondary N) is 2. The van der Waals surface area contributed by atoms with E-state index in [1.54, 1.807) is 0 Å². The van der Waals surface area contributed by atoms with Crippen LogP contribution in [0.1, 0.15) is 24.4 Å². The van der Waals surface area contributed by atoms with Crippen LogP contribution in [0, 0.1) is 34.3 Å². The van der Waals surface area contributed by atoms with Gasteiger partial charge in [-0.25, -0.2) is 14.2 Å². The van der Waals surface area contributed by atoms with Gasteiger partial charge in [0, 0.05) is 25.3 Å². The van der Waals surface area contributed by atoms with E-state index in [0.29, 0.717) is 26.1 Å². The quantitative estimate of drug-likeness (QED) is 0.802. The Morgan fingerprint density at radius 1 is 1.36 bits per heavy atom. The predicted molar refractivity (Wildman–Crippen MR) is 82.8 cm³/mol. The second-order valence-corrected chi connectivity index (χ2v) is 6.36. The maximum absolute atomic E-state index is 14.0. The maximum Gasteiger partial charge on any atom is 0.312 e. The monoisotopic (exact) mass is 351 g/mol. The van der Waals surface area contributed by atoms with Gasteiger partial charge in [-0.05, 0) is 25.0 Å². The van der Waals surface area contributed by atoms with Crippen LogP contribution in [0.15, 0.2) is 18.2 Å². The van der Waals surface area contributed by atoms with Crippen molar-refractivity contribution in [3.05, 3.63) is 35.4 Å². The first kappa shape index (κ1) is 17.7. The second kappa shape index (κ2) is 7.44. The summed E-state index contributed by atoms with van der Waals surface area (Å²) in [6.07, 6.45) is 0.979. The van der Waals surface area contributed by atoms with Gasteiger partial charge in [-0.15, -0.1) is 0 Å². The van der Waals surface area contributed by atoms with E-state index in [-0.39, 0.29) is 18.7 Å². The van der Waals surface area contributed by atoms with Crippen LogP contribution < -0.4 is 10.9 Å². The van der Waals surface area contributed by atoms with Crippen molar-refractivity contribution in [3.63, 3.8) is 0 Å². The van der Waals surface area contributed by atoms with E-state index in [0.717, 1.165) is 12.1 Å². The molecule has 0 aliphatic carbocycles. The Morgan fingerprint density at radius 2 is 2.04 bits per heavy atom. The fourth-order valence-corrected chi connectivity index (χ4v) is 3.16. The van der Waals surface area contributed by atoms with Gasteiger partial charge in [-0.1, -0.05) is 6.07 Å². The summed E-state index contributed by atoms with van der Waals surface area (Å²) in [5, 5.41) is 9.40. The number of rotatable bonds is 4. The Balaban J connectivity index is 1.70. The molecule has 6 nitrogen and oxygen atoms in total. The summed E-state index contributed by atoms with van der Waals surface area (Å²) in [6, 6.07) is 4.90. The molecule has 0 amide bonds. The van der Waals surface area contributed by atoms with Gasteiger partial charge in [0.2, 0.25) is 0 Å². The molecule has 0 bridgehead atoms. The first-order valence-electron chi connectivity index (χ1n) is 8.14. The highest BCUT2D eigenvalue weighted by molar-refractivity contribution is 5.74.